The van der Waals surface area contributed by atoms with Crippen LogP contribution in [0.3, 0.4) is 0 Å². The summed E-state index contributed by atoms with van der Waals surface area (Å²) >= 11 is 0. The Hall–Kier alpha value is -3.46. The van der Waals surface area contributed by atoms with E-state index in [0.717, 1.165) is 22.6 Å². The van der Waals surface area contributed by atoms with Crippen LogP contribution in [-0.4, -0.2) is 14.5 Å². The average molecular weight is 335 g/mol. The predicted octanol–water partition coefficient (Wildman–Crippen LogP) is 5.55. The molecule has 0 radical (unpaired) electrons. The van der Waals surface area contributed by atoms with E-state index in [4.69, 9.17) is 0 Å². The van der Waals surface area contributed by atoms with E-state index < -0.39 is 0 Å². The highest BCUT2D eigenvalue weighted by atomic mass is 15.0. The maximum atomic E-state index is 4.42. The zero-order chi connectivity index (χ0) is 17.5. The first-order valence-electron chi connectivity index (χ1n) is 8.69. The summed E-state index contributed by atoms with van der Waals surface area (Å²) < 4.78 is 2.31. The van der Waals surface area contributed by atoms with E-state index in [2.05, 4.69) is 87.3 Å². The summed E-state index contributed by atoms with van der Waals surface area (Å²) in [5.74, 6) is 0.754. The van der Waals surface area contributed by atoms with Crippen LogP contribution in [0.4, 0.5) is 0 Å². The van der Waals surface area contributed by atoms with Crippen LogP contribution < -0.4 is 0 Å². The summed E-state index contributed by atoms with van der Waals surface area (Å²) in [7, 11) is 0. The Balaban J connectivity index is 1.69. The lowest BCUT2D eigenvalue weighted by atomic mass is 10.2. The summed E-state index contributed by atoms with van der Waals surface area (Å²) in [5.41, 5.74) is 5.66. The standard InChI is InChI=1S/C23H17N3/c1-16-14-24-23(25-15-16)17-10-12-18(13-11-17)26-21-8-4-2-6-19(21)20-7-3-5-9-22(20)26/h2-15H,1H3. The van der Waals surface area contributed by atoms with E-state index in [1.165, 1.54) is 21.8 Å². The van der Waals surface area contributed by atoms with Gasteiger partial charge in [-0.2, -0.15) is 0 Å². The van der Waals surface area contributed by atoms with Crippen molar-refractivity contribution in [3.63, 3.8) is 0 Å². The Morgan fingerprint density at radius 1 is 0.654 bits per heavy atom. The molecule has 3 heteroatoms. The number of nitrogens with zero attached hydrogens (tertiary/aromatic N) is 3. The minimum absolute atomic E-state index is 0.754. The highest BCUT2D eigenvalue weighted by Crippen LogP contribution is 2.32. The molecule has 0 aliphatic rings. The Morgan fingerprint density at radius 2 is 1.19 bits per heavy atom. The molecule has 0 amide bonds. The number of hydrogen-bond donors (Lipinski definition) is 0. The third-order valence-corrected chi connectivity index (χ3v) is 4.74. The summed E-state index contributed by atoms with van der Waals surface area (Å²) in [4.78, 5) is 8.85. The molecule has 0 fully saturated rings. The Labute approximate surface area is 151 Å². The lowest BCUT2D eigenvalue weighted by molar-refractivity contribution is 1.13. The van der Waals surface area contributed by atoms with Crippen LogP contribution in [0.15, 0.2) is 85.2 Å². The zero-order valence-electron chi connectivity index (χ0n) is 14.4. The summed E-state index contributed by atoms with van der Waals surface area (Å²) in [6.45, 7) is 2.00. The van der Waals surface area contributed by atoms with E-state index in [1.807, 2.05) is 19.3 Å². The molecule has 0 unspecified atom stereocenters. The Kier molecular flexibility index (Phi) is 3.32. The lowest BCUT2D eigenvalue weighted by Crippen LogP contribution is -1.94. The molecule has 124 valence electrons. The van der Waals surface area contributed by atoms with Gasteiger partial charge in [0.05, 0.1) is 11.0 Å². The molecule has 0 aliphatic carbocycles. The van der Waals surface area contributed by atoms with Gasteiger partial charge >= 0.3 is 0 Å². The third kappa shape index (κ3) is 2.29. The van der Waals surface area contributed by atoms with Gasteiger partial charge in [0.15, 0.2) is 5.82 Å². The number of aromatic nitrogens is 3. The van der Waals surface area contributed by atoms with Gasteiger partial charge in [-0.3, -0.25) is 0 Å². The minimum atomic E-state index is 0.754. The van der Waals surface area contributed by atoms with Crippen molar-refractivity contribution in [1.82, 2.24) is 14.5 Å². The number of fused-ring (bicyclic) bond motifs is 3. The number of hydrogen-bond acceptors (Lipinski definition) is 2. The van der Waals surface area contributed by atoms with Crippen molar-refractivity contribution in [2.75, 3.05) is 0 Å². The number of benzene rings is 3. The van der Waals surface area contributed by atoms with Gasteiger partial charge in [0.2, 0.25) is 0 Å². The molecule has 3 aromatic carbocycles. The summed E-state index contributed by atoms with van der Waals surface area (Å²) in [6.07, 6.45) is 3.70. The van der Waals surface area contributed by atoms with Gasteiger partial charge in [-0.1, -0.05) is 36.4 Å². The van der Waals surface area contributed by atoms with Crippen LogP contribution in [0.2, 0.25) is 0 Å². The molecule has 2 heterocycles. The number of para-hydroxylation sites is 2. The fourth-order valence-electron chi connectivity index (χ4n) is 3.50. The quantitative estimate of drug-likeness (QED) is 0.423. The van der Waals surface area contributed by atoms with Crippen molar-refractivity contribution in [3.05, 3.63) is 90.8 Å². The van der Waals surface area contributed by atoms with Crippen LogP contribution in [0.1, 0.15) is 5.56 Å². The molecule has 0 spiro atoms. The normalized spacial score (nSPS) is 11.3. The average Bonchev–Trinajstić information content (AvgIpc) is 3.03. The van der Waals surface area contributed by atoms with Crippen molar-refractivity contribution < 1.29 is 0 Å². The van der Waals surface area contributed by atoms with Crippen molar-refractivity contribution in [1.29, 1.82) is 0 Å². The first-order chi connectivity index (χ1) is 12.8. The molecule has 5 aromatic rings. The molecular weight excluding hydrogens is 318 g/mol. The van der Waals surface area contributed by atoms with Crippen LogP contribution in [0, 0.1) is 6.92 Å². The van der Waals surface area contributed by atoms with Crippen molar-refractivity contribution in [2.45, 2.75) is 6.92 Å². The van der Waals surface area contributed by atoms with E-state index >= 15 is 0 Å². The SMILES string of the molecule is Cc1cnc(-c2ccc(-n3c4ccccc4c4ccccc43)cc2)nc1. The second-order valence-corrected chi connectivity index (χ2v) is 6.50. The molecule has 0 N–H and O–H groups in total. The van der Waals surface area contributed by atoms with E-state index in [9.17, 15) is 0 Å². The fraction of sp³-hybridized carbons (Fsp3) is 0.0435. The molecule has 0 saturated carbocycles. The van der Waals surface area contributed by atoms with Crippen molar-refractivity contribution in [2.24, 2.45) is 0 Å². The topological polar surface area (TPSA) is 30.7 Å². The van der Waals surface area contributed by atoms with Crippen molar-refractivity contribution >= 4 is 21.8 Å². The number of aryl methyl sites for hydroxylation is 1. The highest BCUT2D eigenvalue weighted by molar-refractivity contribution is 6.09. The molecule has 0 atom stereocenters. The van der Waals surface area contributed by atoms with E-state index in [-0.39, 0.29) is 0 Å². The van der Waals surface area contributed by atoms with Crippen LogP contribution in [0.5, 0.6) is 0 Å². The van der Waals surface area contributed by atoms with Crippen molar-refractivity contribution in [3.8, 4) is 17.1 Å². The lowest BCUT2D eigenvalue weighted by Gasteiger charge is -2.09. The maximum Gasteiger partial charge on any atom is 0.159 e. The van der Waals surface area contributed by atoms with Crippen LogP contribution in [0.25, 0.3) is 38.9 Å². The van der Waals surface area contributed by atoms with Crippen LogP contribution >= 0.6 is 0 Å². The smallest absolute Gasteiger partial charge is 0.159 e. The monoisotopic (exact) mass is 335 g/mol. The zero-order valence-corrected chi connectivity index (χ0v) is 14.4. The van der Waals surface area contributed by atoms with Gasteiger partial charge in [-0.15, -0.1) is 0 Å². The molecule has 0 bridgehead atoms. The molecule has 26 heavy (non-hydrogen) atoms. The summed E-state index contributed by atoms with van der Waals surface area (Å²) in [5, 5.41) is 2.54. The van der Waals surface area contributed by atoms with Gasteiger partial charge in [-0.25, -0.2) is 9.97 Å². The summed E-state index contributed by atoms with van der Waals surface area (Å²) in [6, 6.07) is 25.5. The predicted molar refractivity (Wildman–Crippen MR) is 107 cm³/mol. The molecule has 5 rings (SSSR count). The first kappa shape index (κ1) is 14.8. The minimum Gasteiger partial charge on any atom is -0.309 e. The second kappa shape index (κ2) is 5.81. The maximum absolute atomic E-state index is 4.42. The molecular formula is C23H17N3. The molecule has 3 nitrogen and oxygen atoms in total. The van der Waals surface area contributed by atoms with Crippen LogP contribution in [-0.2, 0) is 0 Å². The second-order valence-electron chi connectivity index (χ2n) is 6.50. The van der Waals surface area contributed by atoms with E-state index in [0.29, 0.717) is 0 Å². The largest absolute Gasteiger partial charge is 0.309 e. The van der Waals surface area contributed by atoms with E-state index in [1.54, 1.807) is 0 Å². The Bertz CT molecular complexity index is 1160. The molecule has 2 aromatic heterocycles. The third-order valence-electron chi connectivity index (χ3n) is 4.74. The fourth-order valence-corrected chi connectivity index (χ4v) is 3.50. The van der Waals surface area contributed by atoms with Gasteiger partial charge in [0.25, 0.3) is 0 Å². The molecule has 0 aliphatic heterocycles. The van der Waals surface area contributed by atoms with Gasteiger partial charge < -0.3 is 4.57 Å². The number of rotatable bonds is 2. The van der Waals surface area contributed by atoms with Gasteiger partial charge in [-0.05, 0) is 48.9 Å². The highest BCUT2D eigenvalue weighted by Gasteiger charge is 2.11. The van der Waals surface area contributed by atoms with Gasteiger partial charge in [0.1, 0.15) is 0 Å². The Morgan fingerprint density at radius 3 is 1.77 bits per heavy atom. The first-order valence-corrected chi connectivity index (χ1v) is 8.69. The molecule has 0 saturated heterocycles. The van der Waals surface area contributed by atoms with Gasteiger partial charge in [0, 0.05) is 34.4 Å².